The van der Waals surface area contributed by atoms with E-state index in [1.807, 2.05) is 0 Å². The molecule has 0 heterocycles. The largest absolute Gasteiger partial charge is 0.176 e. The van der Waals surface area contributed by atoms with Gasteiger partial charge < -0.3 is 0 Å². The van der Waals surface area contributed by atoms with E-state index >= 15 is 0 Å². The molecular formula is C14H30S. The molecule has 1 aliphatic carbocycles. The van der Waals surface area contributed by atoms with E-state index in [0.717, 1.165) is 5.25 Å². The summed E-state index contributed by atoms with van der Waals surface area (Å²) in [6.07, 6.45) is 15.5. The summed E-state index contributed by atoms with van der Waals surface area (Å²) in [5, 5.41) is 0.730. The molecule has 15 heavy (non-hydrogen) atoms. The summed E-state index contributed by atoms with van der Waals surface area (Å²) in [5.74, 6) is 0. The summed E-state index contributed by atoms with van der Waals surface area (Å²) in [5.41, 5.74) is 0. The molecule has 1 aliphatic rings. The van der Waals surface area contributed by atoms with Crippen molar-refractivity contribution < 1.29 is 0 Å². The second kappa shape index (κ2) is 12.4. The van der Waals surface area contributed by atoms with Gasteiger partial charge in [-0.3, -0.25) is 0 Å². The zero-order chi connectivity index (χ0) is 11.4. The van der Waals surface area contributed by atoms with E-state index in [9.17, 15) is 0 Å². The minimum Gasteiger partial charge on any atom is -0.176 e. The second-order valence-electron chi connectivity index (χ2n) is 4.71. The third-order valence-electron chi connectivity index (χ3n) is 3.03. The predicted molar refractivity (Wildman–Crippen MR) is 74.9 cm³/mol. The maximum absolute atomic E-state index is 4.36. The van der Waals surface area contributed by atoms with Crippen molar-refractivity contribution in [1.82, 2.24) is 0 Å². The molecule has 0 radical (unpaired) electrons. The van der Waals surface area contributed by atoms with Gasteiger partial charge in [0.15, 0.2) is 0 Å². The SMILES string of the molecule is CCCCCCCC.SC1CCCCC1. The van der Waals surface area contributed by atoms with E-state index in [4.69, 9.17) is 0 Å². The highest BCUT2D eigenvalue weighted by molar-refractivity contribution is 7.80. The molecule has 0 N–H and O–H groups in total. The first-order chi connectivity index (χ1) is 7.31. The smallest absolute Gasteiger partial charge is 0.00168 e. The molecular weight excluding hydrogens is 200 g/mol. The highest BCUT2D eigenvalue weighted by atomic mass is 32.1. The Balaban J connectivity index is 0.000000262. The first-order valence-electron chi connectivity index (χ1n) is 6.99. The zero-order valence-electron chi connectivity index (χ0n) is 10.8. The minimum atomic E-state index is 0.730. The topological polar surface area (TPSA) is 0 Å². The van der Waals surface area contributed by atoms with Crippen molar-refractivity contribution in [2.45, 2.75) is 89.7 Å². The van der Waals surface area contributed by atoms with Crippen LogP contribution in [-0.4, -0.2) is 5.25 Å². The maximum atomic E-state index is 4.36. The fraction of sp³-hybridized carbons (Fsp3) is 1.00. The predicted octanol–water partition coefficient (Wildman–Crippen LogP) is 5.62. The van der Waals surface area contributed by atoms with Crippen LogP contribution in [0.3, 0.4) is 0 Å². The Morgan fingerprint density at radius 1 is 0.800 bits per heavy atom. The van der Waals surface area contributed by atoms with Crippen LogP contribution in [0.15, 0.2) is 0 Å². The third kappa shape index (κ3) is 12.3. The van der Waals surface area contributed by atoms with Gasteiger partial charge in [-0.05, 0) is 12.8 Å². The number of hydrogen-bond acceptors (Lipinski definition) is 1. The van der Waals surface area contributed by atoms with E-state index in [0.29, 0.717) is 0 Å². The molecule has 0 aromatic heterocycles. The van der Waals surface area contributed by atoms with Crippen LogP contribution in [0.5, 0.6) is 0 Å². The van der Waals surface area contributed by atoms with Crippen molar-refractivity contribution in [3.05, 3.63) is 0 Å². The Kier molecular flexibility index (Phi) is 12.7. The molecule has 0 bridgehead atoms. The first kappa shape index (κ1) is 15.3. The fourth-order valence-corrected chi connectivity index (χ4v) is 2.30. The third-order valence-corrected chi connectivity index (χ3v) is 3.55. The van der Waals surface area contributed by atoms with Crippen LogP contribution in [0.2, 0.25) is 0 Å². The molecule has 0 atom stereocenters. The average molecular weight is 230 g/mol. The van der Waals surface area contributed by atoms with Gasteiger partial charge in [-0.1, -0.05) is 71.6 Å². The van der Waals surface area contributed by atoms with Gasteiger partial charge in [-0.2, -0.15) is 12.6 Å². The lowest BCUT2D eigenvalue weighted by atomic mass is 10.0. The molecule has 0 aromatic carbocycles. The lowest BCUT2D eigenvalue weighted by Gasteiger charge is -2.14. The lowest BCUT2D eigenvalue weighted by molar-refractivity contribution is 0.518. The summed E-state index contributed by atoms with van der Waals surface area (Å²) in [6, 6.07) is 0. The van der Waals surface area contributed by atoms with Crippen LogP contribution in [0.1, 0.15) is 84.5 Å². The number of hydrogen-bond donors (Lipinski definition) is 1. The van der Waals surface area contributed by atoms with Gasteiger partial charge in [-0.15, -0.1) is 0 Å². The normalized spacial score (nSPS) is 17.0. The van der Waals surface area contributed by atoms with Crippen molar-refractivity contribution in [2.24, 2.45) is 0 Å². The highest BCUT2D eigenvalue weighted by Gasteiger charge is 2.06. The van der Waals surface area contributed by atoms with Gasteiger partial charge in [0.1, 0.15) is 0 Å². The molecule has 0 amide bonds. The molecule has 0 aromatic rings. The Morgan fingerprint density at radius 2 is 1.27 bits per heavy atom. The number of rotatable bonds is 5. The standard InChI is InChI=1S/C8H18.C6H12S/c1-3-5-7-8-6-4-2;7-6-4-2-1-3-5-6/h3-8H2,1-2H3;6-7H,1-5H2. The van der Waals surface area contributed by atoms with E-state index in [1.54, 1.807) is 0 Å². The average Bonchev–Trinajstić information content (AvgIpc) is 2.27. The van der Waals surface area contributed by atoms with Gasteiger partial charge >= 0.3 is 0 Å². The number of unbranched alkanes of at least 4 members (excludes halogenated alkanes) is 5. The van der Waals surface area contributed by atoms with Crippen molar-refractivity contribution in [3.63, 3.8) is 0 Å². The van der Waals surface area contributed by atoms with Crippen molar-refractivity contribution in [1.29, 1.82) is 0 Å². The van der Waals surface area contributed by atoms with Gasteiger partial charge in [0, 0.05) is 5.25 Å². The highest BCUT2D eigenvalue weighted by Crippen LogP contribution is 2.21. The molecule has 0 spiro atoms. The summed E-state index contributed by atoms with van der Waals surface area (Å²) in [4.78, 5) is 0. The van der Waals surface area contributed by atoms with Crippen molar-refractivity contribution >= 4 is 12.6 Å². The van der Waals surface area contributed by atoms with Crippen LogP contribution in [-0.2, 0) is 0 Å². The number of thiol groups is 1. The maximum Gasteiger partial charge on any atom is 0.00168 e. The molecule has 1 heteroatoms. The summed E-state index contributed by atoms with van der Waals surface area (Å²) < 4.78 is 0. The molecule has 0 saturated heterocycles. The van der Waals surface area contributed by atoms with E-state index in [1.165, 1.54) is 70.6 Å². The monoisotopic (exact) mass is 230 g/mol. The molecule has 1 saturated carbocycles. The van der Waals surface area contributed by atoms with Gasteiger partial charge in [0.05, 0.1) is 0 Å². The van der Waals surface area contributed by atoms with E-state index in [2.05, 4.69) is 26.5 Å². The molecule has 1 rings (SSSR count). The second-order valence-corrected chi connectivity index (χ2v) is 5.44. The van der Waals surface area contributed by atoms with Crippen LogP contribution < -0.4 is 0 Å². The summed E-state index contributed by atoms with van der Waals surface area (Å²) in [6.45, 7) is 4.51. The van der Waals surface area contributed by atoms with Crippen LogP contribution in [0.4, 0.5) is 0 Å². The van der Waals surface area contributed by atoms with Gasteiger partial charge in [-0.25, -0.2) is 0 Å². The zero-order valence-corrected chi connectivity index (χ0v) is 11.7. The first-order valence-corrected chi connectivity index (χ1v) is 7.51. The summed E-state index contributed by atoms with van der Waals surface area (Å²) in [7, 11) is 0. The summed E-state index contributed by atoms with van der Waals surface area (Å²) >= 11 is 4.36. The van der Waals surface area contributed by atoms with Crippen molar-refractivity contribution in [2.75, 3.05) is 0 Å². The minimum absolute atomic E-state index is 0.730. The molecule has 0 nitrogen and oxygen atoms in total. The Morgan fingerprint density at radius 3 is 1.53 bits per heavy atom. The Labute approximate surface area is 103 Å². The van der Waals surface area contributed by atoms with Crippen LogP contribution >= 0.6 is 12.6 Å². The lowest BCUT2D eigenvalue weighted by Crippen LogP contribution is -2.03. The molecule has 0 aliphatic heterocycles. The van der Waals surface area contributed by atoms with Crippen LogP contribution in [0, 0.1) is 0 Å². The molecule has 1 fully saturated rings. The van der Waals surface area contributed by atoms with Gasteiger partial charge in [0.2, 0.25) is 0 Å². The van der Waals surface area contributed by atoms with E-state index in [-0.39, 0.29) is 0 Å². The molecule has 0 unspecified atom stereocenters. The Bertz CT molecular complexity index is 99.9. The molecule has 92 valence electrons. The van der Waals surface area contributed by atoms with Crippen LogP contribution in [0.25, 0.3) is 0 Å². The fourth-order valence-electron chi connectivity index (χ4n) is 1.93. The van der Waals surface area contributed by atoms with Crippen molar-refractivity contribution in [3.8, 4) is 0 Å². The van der Waals surface area contributed by atoms with Gasteiger partial charge in [0.25, 0.3) is 0 Å². The Hall–Kier alpha value is 0.350. The van der Waals surface area contributed by atoms with E-state index < -0.39 is 0 Å². The quantitative estimate of drug-likeness (QED) is 0.460.